The summed E-state index contributed by atoms with van der Waals surface area (Å²) in [6.07, 6.45) is 0.788. The second-order valence-corrected chi connectivity index (χ2v) is 6.25. The molecule has 6 heteroatoms. The fraction of sp³-hybridized carbons (Fsp3) is 0.316. The normalized spacial score (nSPS) is 12.8. The average Bonchev–Trinajstić information content (AvgIpc) is 2.94. The van der Waals surface area contributed by atoms with Crippen molar-refractivity contribution in [3.05, 3.63) is 53.7 Å². The van der Waals surface area contributed by atoms with Crippen molar-refractivity contribution in [3.8, 4) is 0 Å². The van der Waals surface area contributed by atoms with Crippen LogP contribution >= 0.6 is 0 Å². The molecule has 3 rings (SSSR count). The smallest absolute Gasteiger partial charge is 0.341 e. The number of esters is 1. The topological polar surface area (TPSA) is 74.4 Å². The lowest BCUT2D eigenvalue weighted by atomic mass is 10.1. The highest BCUT2D eigenvalue weighted by molar-refractivity contribution is 6.11. The Labute approximate surface area is 145 Å². The largest absolute Gasteiger partial charge is 0.461 e. The monoisotopic (exact) mass is 342 g/mol. The molecule has 1 unspecified atom stereocenters. The molecule has 0 saturated heterocycles. The molecule has 25 heavy (non-hydrogen) atoms. The predicted octanol–water partition coefficient (Wildman–Crippen LogP) is 1.84. The molecule has 0 fully saturated rings. The van der Waals surface area contributed by atoms with Gasteiger partial charge in [-0.05, 0) is 31.8 Å². The Morgan fingerprint density at radius 1 is 1.20 bits per heavy atom. The minimum Gasteiger partial charge on any atom is -0.461 e. The molecular formula is C19H22N2O4. The summed E-state index contributed by atoms with van der Waals surface area (Å²) < 4.78 is 7.28. The molecule has 0 aliphatic rings. The number of aromatic nitrogens is 1. The SMILES string of the molecule is CN(C)CCOC(=O)c1c2ccccc2n2cc(C(O)CO)ccc12. The van der Waals surface area contributed by atoms with E-state index in [0.717, 1.165) is 10.9 Å². The number of para-hydroxylation sites is 1. The van der Waals surface area contributed by atoms with Crippen molar-refractivity contribution in [3.63, 3.8) is 0 Å². The lowest BCUT2D eigenvalue weighted by Gasteiger charge is -2.10. The molecule has 6 nitrogen and oxygen atoms in total. The van der Waals surface area contributed by atoms with Gasteiger partial charge in [-0.15, -0.1) is 0 Å². The summed E-state index contributed by atoms with van der Waals surface area (Å²) in [6.45, 7) is 0.616. The van der Waals surface area contributed by atoms with Gasteiger partial charge < -0.3 is 24.3 Å². The number of likely N-dealkylation sites (N-methyl/N-ethyl adjacent to an activating group) is 1. The number of aliphatic hydroxyl groups is 2. The molecule has 0 aliphatic carbocycles. The molecule has 2 N–H and O–H groups in total. The van der Waals surface area contributed by atoms with E-state index in [9.17, 15) is 15.0 Å². The van der Waals surface area contributed by atoms with Crippen LogP contribution in [0.5, 0.6) is 0 Å². The van der Waals surface area contributed by atoms with Gasteiger partial charge in [0.1, 0.15) is 12.7 Å². The first kappa shape index (κ1) is 17.4. The Morgan fingerprint density at radius 3 is 2.68 bits per heavy atom. The van der Waals surface area contributed by atoms with Crippen LogP contribution in [0.25, 0.3) is 16.4 Å². The van der Waals surface area contributed by atoms with Gasteiger partial charge in [0.25, 0.3) is 0 Å². The number of hydrogen-bond acceptors (Lipinski definition) is 5. The Kier molecular flexibility index (Phi) is 5.03. The highest BCUT2D eigenvalue weighted by Gasteiger charge is 2.20. The highest BCUT2D eigenvalue weighted by Crippen LogP contribution is 2.29. The van der Waals surface area contributed by atoms with Gasteiger partial charge in [0, 0.05) is 18.1 Å². The lowest BCUT2D eigenvalue weighted by Crippen LogP contribution is -2.20. The van der Waals surface area contributed by atoms with Crippen molar-refractivity contribution in [2.75, 3.05) is 33.9 Å². The molecule has 1 aromatic carbocycles. The molecule has 3 aromatic rings. The number of carbonyl (C=O) groups is 1. The maximum absolute atomic E-state index is 12.6. The fourth-order valence-corrected chi connectivity index (χ4v) is 2.86. The van der Waals surface area contributed by atoms with Gasteiger partial charge in [-0.1, -0.05) is 24.3 Å². The van der Waals surface area contributed by atoms with Crippen LogP contribution < -0.4 is 0 Å². The van der Waals surface area contributed by atoms with Crippen LogP contribution in [0.1, 0.15) is 22.0 Å². The van der Waals surface area contributed by atoms with E-state index in [1.165, 1.54) is 0 Å². The first-order valence-electron chi connectivity index (χ1n) is 8.16. The second-order valence-electron chi connectivity index (χ2n) is 6.25. The van der Waals surface area contributed by atoms with Gasteiger partial charge in [0.05, 0.1) is 23.2 Å². The molecule has 0 saturated carbocycles. The van der Waals surface area contributed by atoms with E-state index >= 15 is 0 Å². The van der Waals surface area contributed by atoms with Crippen molar-refractivity contribution in [2.24, 2.45) is 0 Å². The molecule has 2 aromatic heterocycles. The van der Waals surface area contributed by atoms with E-state index in [2.05, 4.69) is 0 Å². The molecule has 0 radical (unpaired) electrons. The Hall–Kier alpha value is -2.41. The minimum atomic E-state index is -0.957. The van der Waals surface area contributed by atoms with Crippen LogP contribution in [0, 0.1) is 0 Å². The molecule has 0 aliphatic heterocycles. The van der Waals surface area contributed by atoms with Crippen LogP contribution in [-0.2, 0) is 4.74 Å². The maximum atomic E-state index is 12.6. The second kappa shape index (κ2) is 7.23. The van der Waals surface area contributed by atoms with E-state index in [1.54, 1.807) is 18.3 Å². The third kappa shape index (κ3) is 3.37. The summed E-state index contributed by atoms with van der Waals surface area (Å²) in [5.74, 6) is -0.365. The first-order chi connectivity index (χ1) is 12.0. The Bertz CT molecular complexity index is 901. The summed E-state index contributed by atoms with van der Waals surface area (Å²) in [4.78, 5) is 14.6. The number of aliphatic hydroxyl groups excluding tert-OH is 2. The lowest BCUT2D eigenvalue weighted by molar-refractivity contribution is 0.0486. The molecule has 0 spiro atoms. The van der Waals surface area contributed by atoms with Crippen LogP contribution in [0.15, 0.2) is 42.6 Å². The molecule has 1 atom stereocenters. The minimum absolute atomic E-state index is 0.318. The van der Waals surface area contributed by atoms with Crippen LogP contribution in [0.4, 0.5) is 0 Å². The number of fused-ring (bicyclic) bond motifs is 3. The number of ether oxygens (including phenoxy) is 1. The Morgan fingerprint density at radius 2 is 1.96 bits per heavy atom. The molecule has 2 heterocycles. The van der Waals surface area contributed by atoms with Gasteiger partial charge in [0.15, 0.2) is 0 Å². The van der Waals surface area contributed by atoms with E-state index in [4.69, 9.17) is 4.74 Å². The van der Waals surface area contributed by atoms with E-state index in [-0.39, 0.29) is 12.6 Å². The van der Waals surface area contributed by atoms with Crippen molar-refractivity contribution in [1.82, 2.24) is 9.30 Å². The molecule has 0 bridgehead atoms. The zero-order valence-electron chi connectivity index (χ0n) is 14.3. The van der Waals surface area contributed by atoms with Gasteiger partial charge in [0.2, 0.25) is 0 Å². The fourth-order valence-electron chi connectivity index (χ4n) is 2.86. The number of pyridine rings is 1. The first-order valence-corrected chi connectivity index (χ1v) is 8.16. The molecular weight excluding hydrogens is 320 g/mol. The number of carbonyl (C=O) groups excluding carboxylic acids is 1. The van der Waals surface area contributed by atoms with E-state index in [1.807, 2.05) is 47.7 Å². The summed E-state index contributed by atoms with van der Waals surface area (Å²) in [7, 11) is 3.84. The van der Waals surface area contributed by atoms with Crippen molar-refractivity contribution >= 4 is 22.4 Å². The summed E-state index contributed by atoms with van der Waals surface area (Å²) in [5, 5.41) is 19.9. The maximum Gasteiger partial charge on any atom is 0.341 e. The van der Waals surface area contributed by atoms with Crippen molar-refractivity contribution in [1.29, 1.82) is 0 Å². The average molecular weight is 342 g/mol. The highest BCUT2D eigenvalue weighted by atomic mass is 16.5. The van der Waals surface area contributed by atoms with Gasteiger partial charge in [-0.3, -0.25) is 0 Å². The summed E-state index contributed by atoms with van der Waals surface area (Å²) in [5.41, 5.74) is 2.66. The number of nitrogens with zero attached hydrogens (tertiary/aromatic N) is 2. The zero-order valence-corrected chi connectivity index (χ0v) is 14.3. The van der Waals surface area contributed by atoms with Crippen molar-refractivity contribution < 1.29 is 19.7 Å². The third-order valence-corrected chi connectivity index (χ3v) is 4.19. The van der Waals surface area contributed by atoms with E-state index in [0.29, 0.717) is 29.8 Å². The Balaban J connectivity index is 2.08. The van der Waals surface area contributed by atoms with Gasteiger partial charge >= 0.3 is 5.97 Å². The third-order valence-electron chi connectivity index (χ3n) is 4.19. The number of benzene rings is 1. The molecule has 0 amide bonds. The quantitative estimate of drug-likeness (QED) is 0.669. The van der Waals surface area contributed by atoms with Gasteiger partial charge in [-0.2, -0.15) is 0 Å². The van der Waals surface area contributed by atoms with Crippen molar-refractivity contribution in [2.45, 2.75) is 6.10 Å². The standard InChI is InChI=1S/C19H22N2O4/c1-20(2)9-10-25-19(24)18-14-5-3-4-6-15(14)21-11-13(17(23)12-22)7-8-16(18)21/h3-8,11,17,22-23H,9-10,12H2,1-2H3. The van der Waals surface area contributed by atoms with Gasteiger partial charge in [-0.25, -0.2) is 4.79 Å². The predicted molar refractivity (Wildman–Crippen MR) is 95.8 cm³/mol. The molecule has 132 valence electrons. The van der Waals surface area contributed by atoms with Crippen LogP contribution in [0.3, 0.4) is 0 Å². The number of rotatable bonds is 6. The zero-order chi connectivity index (χ0) is 18.0. The summed E-state index contributed by atoms with van der Waals surface area (Å²) in [6, 6.07) is 11.1. The van der Waals surface area contributed by atoms with Crippen LogP contribution in [0.2, 0.25) is 0 Å². The number of hydrogen-bond donors (Lipinski definition) is 2. The van der Waals surface area contributed by atoms with Crippen LogP contribution in [-0.4, -0.2) is 59.3 Å². The summed E-state index contributed by atoms with van der Waals surface area (Å²) >= 11 is 0. The van der Waals surface area contributed by atoms with E-state index < -0.39 is 6.10 Å².